The molecule has 0 aliphatic carbocycles. The Kier molecular flexibility index (Phi) is 3.03. The van der Waals surface area contributed by atoms with Gasteiger partial charge >= 0.3 is 0 Å². The van der Waals surface area contributed by atoms with E-state index in [0.29, 0.717) is 6.10 Å². The Morgan fingerprint density at radius 2 is 2.27 bits per heavy atom. The molecule has 1 aromatic rings. The molecule has 0 amide bonds. The van der Waals surface area contributed by atoms with E-state index in [-0.39, 0.29) is 12.1 Å². The van der Waals surface area contributed by atoms with Gasteiger partial charge < -0.3 is 10.5 Å². The monoisotopic (exact) mass is 206 g/mol. The van der Waals surface area contributed by atoms with Crippen LogP contribution in [0.2, 0.25) is 0 Å². The average Bonchev–Trinajstić information content (AvgIpc) is 2.65. The predicted octanol–water partition coefficient (Wildman–Crippen LogP) is 1.96. The molecule has 3 atom stereocenters. The molecule has 0 bridgehead atoms. The van der Waals surface area contributed by atoms with Crippen molar-refractivity contribution in [3.63, 3.8) is 0 Å². The van der Waals surface area contributed by atoms with Crippen molar-refractivity contribution in [3.8, 4) is 0 Å². The first-order chi connectivity index (χ1) is 7.16. The van der Waals surface area contributed by atoms with Crippen LogP contribution in [0.3, 0.4) is 0 Å². The van der Waals surface area contributed by atoms with Crippen LogP contribution >= 0.6 is 0 Å². The SMILES string of the molecule is Cc1ccc(C(N)C2CCC(C)O2)cn1. The standard InChI is InChI=1S/C12H18N2O/c1-8-3-5-10(7-14-8)12(13)11-6-4-9(2)15-11/h3,5,7,9,11-12H,4,6,13H2,1-2H3. The zero-order valence-corrected chi connectivity index (χ0v) is 9.31. The summed E-state index contributed by atoms with van der Waals surface area (Å²) in [5, 5.41) is 0. The molecule has 15 heavy (non-hydrogen) atoms. The van der Waals surface area contributed by atoms with Gasteiger partial charge in [-0.15, -0.1) is 0 Å². The number of nitrogens with zero attached hydrogens (tertiary/aromatic N) is 1. The number of rotatable bonds is 2. The molecule has 1 aliphatic rings. The van der Waals surface area contributed by atoms with E-state index in [1.807, 2.05) is 25.3 Å². The highest BCUT2D eigenvalue weighted by Gasteiger charge is 2.28. The Hall–Kier alpha value is -0.930. The first-order valence-corrected chi connectivity index (χ1v) is 5.50. The highest BCUT2D eigenvalue weighted by molar-refractivity contribution is 5.18. The lowest BCUT2D eigenvalue weighted by Gasteiger charge is -2.19. The minimum absolute atomic E-state index is 0.0388. The zero-order valence-electron chi connectivity index (χ0n) is 9.31. The largest absolute Gasteiger partial charge is 0.373 e. The molecule has 3 unspecified atom stereocenters. The predicted molar refractivity (Wildman–Crippen MR) is 59.5 cm³/mol. The van der Waals surface area contributed by atoms with E-state index in [0.717, 1.165) is 24.1 Å². The molecule has 1 fully saturated rings. The molecular weight excluding hydrogens is 188 g/mol. The fraction of sp³-hybridized carbons (Fsp3) is 0.583. The molecule has 1 aromatic heterocycles. The highest BCUT2D eigenvalue weighted by atomic mass is 16.5. The third kappa shape index (κ3) is 2.36. The lowest BCUT2D eigenvalue weighted by Crippen LogP contribution is -2.26. The van der Waals surface area contributed by atoms with E-state index < -0.39 is 0 Å². The third-order valence-corrected chi connectivity index (χ3v) is 2.98. The minimum Gasteiger partial charge on any atom is -0.373 e. The molecule has 3 nitrogen and oxygen atoms in total. The normalized spacial score (nSPS) is 27.9. The topological polar surface area (TPSA) is 48.1 Å². The first kappa shape index (κ1) is 10.6. The van der Waals surface area contributed by atoms with Crippen molar-refractivity contribution in [2.24, 2.45) is 5.73 Å². The summed E-state index contributed by atoms with van der Waals surface area (Å²) in [7, 11) is 0. The van der Waals surface area contributed by atoms with Crippen LogP contribution in [0.1, 0.15) is 37.1 Å². The van der Waals surface area contributed by atoms with Crippen LogP contribution in [0.25, 0.3) is 0 Å². The van der Waals surface area contributed by atoms with Crippen molar-refractivity contribution in [2.45, 2.75) is 44.9 Å². The number of hydrogen-bond donors (Lipinski definition) is 1. The second-order valence-electron chi connectivity index (χ2n) is 4.32. The lowest BCUT2D eigenvalue weighted by molar-refractivity contribution is 0.0400. The van der Waals surface area contributed by atoms with Gasteiger partial charge in [0.1, 0.15) is 0 Å². The summed E-state index contributed by atoms with van der Waals surface area (Å²) in [5.41, 5.74) is 8.24. The molecule has 2 heterocycles. The van der Waals surface area contributed by atoms with Crippen LogP contribution in [0.5, 0.6) is 0 Å². The molecule has 2 rings (SSSR count). The first-order valence-electron chi connectivity index (χ1n) is 5.50. The number of hydrogen-bond acceptors (Lipinski definition) is 3. The number of nitrogens with two attached hydrogens (primary N) is 1. The zero-order chi connectivity index (χ0) is 10.8. The van der Waals surface area contributed by atoms with Gasteiger partial charge in [0, 0.05) is 11.9 Å². The molecule has 0 aromatic carbocycles. The van der Waals surface area contributed by atoms with E-state index in [2.05, 4.69) is 11.9 Å². The highest BCUT2D eigenvalue weighted by Crippen LogP contribution is 2.28. The van der Waals surface area contributed by atoms with Crippen LogP contribution in [0.4, 0.5) is 0 Å². The fourth-order valence-corrected chi connectivity index (χ4v) is 1.99. The second-order valence-corrected chi connectivity index (χ2v) is 4.32. The smallest absolute Gasteiger partial charge is 0.0772 e. The third-order valence-electron chi connectivity index (χ3n) is 2.98. The maximum Gasteiger partial charge on any atom is 0.0772 e. The summed E-state index contributed by atoms with van der Waals surface area (Å²) < 4.78 is 5.75. The maximum absolute atomic E-state index is 6.15. The Morgan fingerprint density at radius 3 is 2.80 bits per heavy atom. The van der Waals surface area contributed by atoms with Crippen LogP contribution in [0.15, 0.2) is 18.3 Å². The summed E-state index contributed by atoms with van der Waals surface area (Å²) in [6, 6.07) is 4.00. The molecule has 1 saturated heterocycles. The quantitative estimate of drug-likeness (QED) is 0.804. The molecule has 0 radical (unpaired) electrons. The molecule has 0 saturated carbocycles. The van der Waals surface area contributed by atoms with Crippen molar-refractivity contribution in [3.05, 3.63) is 29.6 Å². The van der Waals surface area contributed by atoms with Gasteiger partial charge in [-0.2, -0.15) is 0 Å². The summed E-state index contributed by atoms with van der Waals surface area (Å²) >= 11 is 0. The lowest BCUT2D eigenvalue weighted by atomic mass is 10.0. The van der Waals surface area contributed by atoms with E-state index in [1.165, 1.54) is 0 Å². The van der Waals surface area contributed by atoms with Crippen LogP contribution < -0.4 is 5.73 Å². The number of aryl methyl sites for hydroxylation is 1. The van der Waals surface area contributed by atoms with Gasteiger partial charge in [-0.05, 0) is 38.3 Å². The number of ether oxygens (including phenoxy) is 1. The van der Waals surface area contributed by atoms with Gasteiger partial charge in [0.05, 0.1) is 18.2 Å². The Labute approximate surface area is 90.7 Å². The van der Waals surface area contributed by atoms with E-state index in [1.54, 1.807) is 0 Å². The molecule has 82 valence electrons. The molecule has 3 heteroatoms. The van der Waals surface area contributed by atoms with Crippen molar-refractivity contribution >= 4 is 0 Å². The fourth-order valence-electron chi connectivity index (χ4n) is 1.99. The van der Waals surface area contributed by atoms with Gasteiger partial charge in [-0.3, -0.25) is 4.98 Å². The van der Waals surface area contributed by atoms with Crippen LogP contribution in [0, 0.1) is 6.92 Å². The van der Waals surface area contributed by atoms with Crippen LogP contribution in [-0.2, 0) is 4.74 Å². The van der Waals surface area contributed by atoms with Gasteiger partial charge in [-0.1, -0.05) is 6.07 Å². The summed E-state index contributed by atoms with van der Waals surface area (Å²) in [6.07, 6.45) is 4.52. The second kappa shape index (κ2) is 4.29. The number of pyridine rings is 1. The Morgan fingerprint density at radius 1 is 1.47 bits per heavy atom. The van der Waals surface area contributed by atoms with Crippen molar-refractivity contribution in [1.82, 2.24) is 4.98 Å². The summed E-state index contributed by atoms with van der Waals surface area (Å²) in [4.78, 5) is 4.26. The Balaban J connectivity index is 2.07. The van der Waals surface area contributed by atoms with Crippen molar-refractivity contribution < 1.29 is 4.74 Å². The van der Waals surface area contributed by atoms with E-state index in [4.69, 9.17) is 10.5 Å². The maximum atomic E-state index is 6.15. The van der Waals surface area contributed by atoms with Gasteiger partial charge in [0.25, 0.3) is 0 Å². The van der Waals surface area contributed by atoms with Crippen LogP contribution in [-0.4, -0.2) is 17.2 Å². The Bertz CT molecular complexity index is 323. The average molecular weight is 206 g/mol. The molecule has 0 spiro atoms. The van der Waals surface area contributed by atoms with Crippen molar-refractivity contribution in [2.75, 3.05) is 0 Å². The minimum atomic E-state index is -0.0388. The van der Waals surface area contributed by atoms with Gasteiger partial charge in [-0.25, -0.2) is 0 Å². The van der Waals surface area contributed by atoms with E-state index >= 15 is 0 Å². The molecular formula is C12H18N2O. The van der Waals surface area contributed by atoms with Gasteiger partial charge in [0.15, 0.2) is 0 Å². The molecule has 1 aliphatic heterocycles. The molecule has 2 N–H and O–H groups in total. The van der Waals surface area contributed by atoms with Gasteiger partial charge in [0.2, 0.25) is 0 Å². The summed E-state index contributed by atoms with van der Waals surface area (Å²) in [6.45, 7) is 4.07. The van der Waals surface area contributed by atoms with E-state index in [9.17, 15) is 0 Å². The van der Waals surface area contributed by atoms with Crippen molar-refractivity contribution in [1.29, 1.82) is 0 Å². The number of aromatic nitrogens is 1. The summed E-state index contributed by atoms with van der Waals surface area (Å²) in [5.74, 6) is 0.